The summed E-state index contributed by atoms with van der Waals surface area (Å²) in [6.07, 6.45) is 2.52. The molecular formula is C24H38N4O7. The number of aldehydes is 1. The number of aliphatic hydroxyl groups excluding tert-OH is 3. The number of hydrogen-bond donors (Lipinski definition) is 6. The number of rotatable bonds is 6. The fraction of sp³-hybridized carbons (Fsp3) is 0.750. The van der Waals surface area contributed by atoms with E-state index in [4.69, 9.17) is 16.2 Å². The molecule has 3 fully saturated rings. The van der Waals surface area contributed by atoms with Gasteiger partial charge in [-0.15, -0.1) is 0 Å². The highest BCUT2D eigenvalue weighted by Gasteiger charge is 2.56. The minimum atomic E-state index is -2.17. The van der Waals surface area contributed by atoms with Crippen molar-refractivity contribution >= 4 is 12.2 Å². The van der Waals surface area contributed by atoms with E-state index in [0.717, 1.165) is 32.0 Å². The van der Waals surface area contributed by atoms with Gasteiger partial charge in [-0.2, -0.15) is 0 Å². The van der Waals surface area contributed by atoms with Gasteiger partial charge in [0.25, 0.3) is 0 Å². The van der Waals surface area contributed by atoms with Crippen molar-refractivity contribution in [1.29, 1.82) is 0 Å². The van der Waals surface area contributed by atoms with Gasteiger partial charge < -0.3 is 50.9 Å². The van der Waals surface area contributed by atoms with Crippen LogP contribution in [0.5, 0.6) is 0 Å². The first-order valence-corrected chi connectivity index (χ1v) is 12.5. The van der Waals surface area contributed by atoms with Gasteiger partial charge >= 0.3 is 0 Å². The van der Waals surface area contributed by atoms with E-state index in [1.807, 2.05) is 10.8 Å². The number of aliphatic hydroxyl groups is 4. The maximum absolute atomic E-state index is 13.1. The second-order valence-corrected chi connectivity index (χ2v) is 10.3. The second-order valence-electron chi connectivity index (χ2n) is 10.3. The van der Waals surface area contributed by atoms with Crippen molar-refractivity contribution in [2.45, 2.75) is 87.4 Å². The Labute approximate surface area is 204 Å². The van der Waals surface area contributed by atoms with E-state index < -0.39 is 36.2 Å². The van der Waals surface area contributed by atoms with Gasteiger partial charge in [0.05, 0.1) is 12.0 Å². The Morgan fingerprint density at radius 2 is 1.83 bits per heavy atom. The molecule has 1 unspecified atom stereocenters. The normalized spacial score (nSPS) is 37.7. The molecule has 2 aliphatic heterocycles. The minimum Gasteiger partial charge on any atom is -0.390 e. The highest BCUT2D eigenvalue weighted by atomic mass is 16.6. The summed E-state index contributed by atoms with van der Waals surface area (Å²) in [5, 5.41) is 43.3. The number of carbonyl (C=O) groups excluding carboxylic acids is 2. The molecule has 11 heteroatoms. The van der Waals surface area contributed by atoms with Crippen LogP contribution in [-0.2, 0) is 20.1 Å². The van der Waals surface area contributed by atoms with E-state index in [1.54, 1.807) is 17.2 Å². The number of aromatic nitrogens is 1. The van der Waals surface area contributed by atoms with Gasteiger partial charge in [-0.1, -0.05) is 0 Å². The smallest absolute Gasteiger partial charge is 0.223 e. The van der Waals surface area contributed by atoms with Gasteiger partial charge in [-0.05, 0) is 44.6 Å². The van der Waals surface area contributed by atoms with Crippen molar-refractivity contribution in [2.24, 2.45) is 23.3 Å². The summed E-state index contributed by atoms with van der Waals surface area (Å²) < 4.78 is 7.75. The molecule has 1 amide bonds. The zero-order chi connectivity index (χ0) is 25.3. The average Bonchev–Trinajstić information content (AvgIpc) is 3.35. The summed E-state index contributed by atoms with van der Waals surface area (Å²) in [7, 11) is 0. The lowest BCUT2D eigenvalue weighted by Crippen LogP contribution is -2.64. The van der Waals surface area contributed by atoms with Crippen molar-refractivity contribution in [3.8, 4) is 0 Å². The van der Waals surface area contributed by atoms with Gasteiger partial charge in [0.2, 0.25) is 5.91 Å². The molecule has 0 radical (unpaired) electrons. The number of nitrogens with two attached hydrogens (primary N) is 2. The van der Waals surface area contributed by atoms with Gasteiger partial charge in [-0.3, -0.25) is 4.79 Å². The van der Waals surface area contributed by atoms with Gasteiger partial charge in [0, 0.05) is 55.5 Å². The Morgan fingerprint density at radius 3 is 2.43 bits per heavy atom. The van der Waals surface area contributed by atoms with Gasteiger partial charge in [-0.25, -0.2) is 0 Å². The SMILES string of the molecule is NC1CCC(n2ccc([C@]3(O)O[C@@H](C(N)O)[C@H](O)[C@@H](O)[C@@H]3CC(=O)N3CCC(C=O)CC3)c2)CC1. The van der Waals surface area contributed by atoms with Crippen molar-refractivity contribution in [2.75, 3.05) is 13.1 Å². The van der Waals surface area contributed by atoms with E-state index in [-0.39, 0.29) is 30.3 Å². The molecule has 2 saturated heterocycles. The third kappa shape index (κ3) is 5.31. The van der Waals surface area contributed by atoms with Crippen LogP contribution in [-0.4, -0.2) is 85.8 Å². The van der Waals surface area contributed by atoms with Crippen molar-refractivity contribution in [3.63, 3.8) is 0 Å². The summed E-state index contributed by atoms with van der Waals surface area (Å²) in [6.45, 7) is 0.800. The standard InChI is InChI=1S/C24H38N4O7/c25-16-1-3-17(4-2-16)28-10-7-15(12-28)24(34)18(20(31)21(32)22(35-24)23(26)33)11-19(30)27-8-5-14(13-29)6-9-27/h7,10,12-14,16-18,20-23,31-34H,1-6,8-9,11,25-26H2/t16?,17?,18-,20-,21+,22+,23?,24-/m0/s1. The van der Waals surface area contributed by atoms with Crippen LogP contribution in [0.3, 0.4) is 0 Å². The van der Waals surface area contributed by atoms with Gasteiger partial charge in [0.15, 0.2) is 5.79 Å². The molecule has 1 aliphatic carbocycles. The number of piperidine rings is 1. The maximum atomic E-state index is 13.1. The zero-order valence-corrected chi connectivity index (χ0v) is 19.9. The number of hydrogen-bond acceptors (Lipinski definition) is 9. The lowest BCUT2D eigenvalue weighted by molar-refractivity contribution is -0.352. The number of nitrogens with zero attached hydrogens (tertiary/aromatic N) is 2. The number of carbonyl (C=O) groups is 2. The molecule has 1 saturated carbocycles. The quantitative estimate of drug-likeness (QED) is 0.211. The lowest BCUT2D eigenvalue weighted by Gasteiger charge is -2.48. The number of likely N-dealkylation sites (tertiary alicyclic amines) is 1. The van der Waals surface area contributed by atoms with E-state index in [2.05, 4.69) is 0 Å². The summed E-state index contributed by atoms with van der Waals surface area (Å²) in [4.78, 5) is 25.8. The fourth-order valence-electron chi connectivity index (χ4n) is 5.70. The molecule has 0 bridgehead atoms. The van der Waals surface area contributed by atoms with E-state index in [9.17, 15) is 30.0 Å². The molecule has 4 rings (SSSR count). The Balaban J connectivity index is 1.58. The summed E-state index contributed by atoms with van der Waals surface area (Å²) >= 11 is 0. The number of amides is 1. The van der Waals surface area contributed by atoms with E-state index in [1.165, 1.54) is 0 Å². The first-order chi connectivity index (χ1) is 16.6. The largest absolute Gasteiger partial charge is 0.390 e. The Hall–Kier alpha value is -1.86. The topological polar surface area (TPSA) is 184 Å². The zero-order valence-electron chi connectivity index (χ0n) is 19.9. The molecule has 196 valence electrons. The molecule has 0 spiro atoms. The van der Waals surface area contributed by atoms with Crippen LogP contribution < -0.4 is 11.5 Å². The highest BCUT2D eigenvalue weighted by molar-refractivity contribution is 5.77. The molecule has 1 aromatic rings. The first-order valence-electron chi connectivity index (χ1n) is 12.5. The average molecular weight is 495 g/mol. The Bertz CT molecular complexity index is 879. The minimum absolute atomic E-state index is 0.0812. The van der Waals surface area contributed by atoms with Crippen LogP contribution in [0, 0.1) is 11.8 Å². The van der Waals surface area contributed by atoms with E-state index >= 15 is 0 Å². The lowest BCUT2D eigenvalue weighted by atomic mass is 9.78. The molecule has 8 N–H and O–H groups in total. The van der Waals surface area contributed by atoms with Crippen molar-refractivity contribution in [1.82, 2.24) is 9.47 Å². The summed E-state index contributed by atoms with van der Waals surface area (Å²) in [5.41, 5.74) is 11.9. The molecule has 6 atom stereocenters. The molecular weight excluding hydrogens is 456 g/mol. The highest BCUT2D eigenvalue weighted by Crippen LogP contribution is 2.44. The third-order valence-corrected chi connectivity index (χ3v) is 8.02. The fourth-order valence-corrected chi connectivity index (χ4v) is 5.70. The van der Waals surface area contributed by atoms with Crippen molar-refractivity contribution < 1.29 is 34.8 Å². The third-order valence-electron chi connectivity index (χ3n) is 8.02. The van der Waals surface area contributed by atoms with Crippen LogP contribution in [0.2, 0.25) is 0 Å². The van der Waals surface area contributed by atoms with Crippen LogP contribution >= 0.6 is 0 Å². The first kappa shape index (κ1) is 26.2. The molecule has 1 aromatic heterocycles. The predicted octanol–water partition coefficient (Wildman–Crippen LogP) is -1.08. The molecule has 35 heavy (non-hydrogen) atoms. The summed E-state index contributed by atoms with van der Waals surface area (Å²) in [5.74, 6) is -3.78. The second kappa shape index (κ2) is 10.6. The van der Waals surface area contributed by atoms with Gasteiger partial charge in [0.1, 0.15) is 24.7 Å². The van der Waals surface area contributed by atoms with Crippen LogP contribution in [0.4, 0.5) is 0 Å². The molecule has 3 heterocycles. The molecule has 0 aromatic carbocycles. The molecule has 3 aliphatic rings. The van der Waals surface area contributed by atoms with Crippen molar-refractivity contribution in [3.05, 3.63) is 24.0 Å². The van der Waals surface area contributed by atoms with E-state index in [0.29, 0.717) is 31.5 Å². The van der Waals surface area contributed by atoms with Crippen LogP contribution in [0.15, 0.2) is 18.5 Å². The number of ether oxygens (including phenoxy) is 1. The Kier molecular flexibility index (Phi) is 7.96. The summed E-state index contributed by atoms with van der Waals surface area (Å²) in [6, 6.07) is 2.04. The molecule has 11 nitrogen and oxygen atoms in total. The maximum Gasteiger partial charge on any atom is 0.223 e. The van der Waals surface area contributed by atoms with Crippen LogP contribution in [0.1, 0.15) is 56.6 Å². The predicted molar refractivity (Wildman–Crippen MR) is 124 cm³/mol. The monoisotopic (exact) mass is 494 g/mol. The Morgan fingerprint density at radius 1 is 1.17 bits per heavy atom. The van der Waals surface area contributed by atoms with Crippen LogP contribution in [0.25, 0.3) is 0 Å².